The maximum Gasteiger partial charge on any atom is 0.263 e. The normalized spacial score (nSPS) is 18.5. The van der Waals surface area contributed by atoms with Gasteiger partial charge in [-0.2, -0.15) is 5.10 Å². The minimum atomic E-state index is -3.83. The molecule has 0 aliphatic carbocycles. The molecule has 2 heterocycles. The van der Waals surface area contributed by atoms with Gasteiger partial charge in [-0.1, -0.05) is 23.2 Å². The average Bonchev–Trinajstić information content (AvgIpc) is 3.11. The quantitative estimate of drug-likeness (QED) is 0.908. The fourth-order valence-corrected chi connectivity index (χ4v) is 4.01. The van der Waals surface area contributed by atoms with E-state index in [1.165, 1.54) is 24.4 Å². The van der Waals surface area contributed by atoms with Crippen molar-refractivity contribution in [3.8, 4) is 0 Å². The fraction of sp³-hybridized carbons (Fsp3) is 0.308. The van der Waals surface area contributed by atoms with Gasteiger partial charge in [-0.15, -0.1) is 0 Å². The Morgan fingerprint density at radius 2 is 2.18 bits per heavy atom. The SMILES string of the molecule is O=S(=O)(Nc1cnn([C@H]2CCOC2)c1)c1cc(Cl)ccc1Cl. The molecule has 1 aromatic heterocycles. The highest BCUT2D eigenvalue weighted by atomic mass is 35.5. The number of anilines is 1. The van der Waals surface area contributed by atoms with Gasteiger partial charge in [-0.3, -0.25) is 9.40 Å². The van der Waals surface area contributed by atoms with Gasteiger partial charge in [-0.05, 0) is 24.6 Å². The molecule has 1 aliphatic rings. The maximum atomic E-state index is 12.4. The number of halogens is 2. The van der Waals surface area contributed by atoms with Crippen LogP contribution in [0.5, 0.6) is 0 Å². The van der Waals surface area contributed by atoms with E-state index in [0.717, 1.165) is 6.42 Å². The fourth-order valence-electron chi connectivity index (χ4n) is 2.21. The number of benzene rings is 1. The summed E-state index contributed by atoms with van der Waals surface area (Å²) in [6, 6.07) is 4.41. The zero-order valence-electron chi connectivity index (χ0n) is 11.4. The summed E-state index contributed by atoms with van der Waals surface area (Å²) in [7, 11) is -3.83. The molecule has 0 saturated carbocycles. The first-order chi connectivity index (χ1) is 10.5. The summed E-state index contributed by atoms with van der Waals surface area (Å²) in [5, 5.41) is 4.57. The summed E-state index contributed by atoms with van der Waals surface area (Å²) in [6.07, 6.45) is 3.94. The minimum Gasteiger partial charge on any atom is -0.379 e. The smallest absolute Gasteiger partial charge is 0.263 e. The van der Waals surface area contributed by atoms with Gasteiger partial charge < -0.3 is 4.74 Å². The summed E-state index contributed by atoms with van der Waals surface area (Å²) in [6.45, 7) is 1.26. The Bertz CT molecular complexity index is 786. The van der Waals surface area contributed by atoms with Crippen LogP contribution < -0.4 is 4.72 Å². The van der Waals surface area contributed by atoms with Crippen LogP contribution in [0, 0.1) is 0 Å². The number of sulfonamides is 1. The van der Waals surface area contributed by atoms with Gasteiger partial charge in [-0.25, -0.2) is 8.42 Å². The number of aromatic nitrogens is 2. The van der Waals surface area contributed by atoms with Crippen molar-refractivity contribution < 1.29 is 13.2 Å². The molecule has 0 unspecified atom stereocenters. The topological polar surface area (TPSA) is 73.2 Å². The molecular weight excluding hydrogens is 349 g/mol. The molecule has 1 atom stereocenters. The average molecular weight is 362 g/mol. The lowest BCUT2D eigenvalue weighted by Gasteiger charge is -2.09. The van der Waals surface area contributed by atoms with Crippen molar-refractivity contribution in [2.24, 2.45) is 0 Å². The summed E-state index contributed by atoms with van der Waals surface area (Å²) in [5.41, 5.74) is 0.364. The van der Waals surface area contributed by atoms with Crippen LogP contribution in [0.1, 0.15) is 12.5 Å². The van der Waals surface area contributed by atoms with Crippen molar-refractivity contribution in [1.29, 1.82) is 0 Å². The first kappa shape index (κ1) is 15.6. The molecule has 6 nitrogen and oxygen atoms in total. The van der Waals surface area contributed by atoms with E-state index in [9.17, 15) is 8.42 Å². The summed E-state index contributed by atoms with van der Waals surface area (Å²) >= 11 is 11.8. The van der Waals surface area contributed by atoms with Gasteiger partial charge in [0.1, 0.15) is 4.90 Å². The van der Waals surface area contributed by atoms with Crippen LogP contribution in [0.25, 0.3) is 0 Å². The number of nitrogens with zero attached hydrogens (tertiary/aromatic N) is 2. The highest BCUT2D eigenvalue weighted by molar-refractivity contribution is 7.92. The van der Waals surface area contributed by atoms with Crippen molar-refractivity contribution in [3.05, 3.63) is 40.6 Å². The van der Waals surface area contributed by atoms with Crippen molar-refractivity contribution in [2.45, 2.75) is 17.4 Å². The molecule has 0 radical (unpaired) electrons. The highest BCUT2D eigenvalue weighted by Gasteiger charge is 2.22. The summed E-state index contributed by atoms with van der Waals surface area (Å²) < 4.78 is 34.2. The summed E-state index contributed by atoms with van der Waals surface area (Å²) in [4.78, 5) is -0.0707. The molecule has 0 amide bonds. The van der Waals surface area contributed by atoms with Gasteiger partial charge in [0, 0.05) is 17.8 Å². The molecule has 2 aromatic rings. The van der Waals surface area contributed by atoms with Gasteiger partial charge in [0.2, 0.25) is 0 Å². The maximum absolute atomic E-state index is 12.4. The first-order valence-corrected chi connectivity index (χ1v) is 8.79. The lowest BCUT2D eigenvalue weighted by molar-refractivity contribution is 0.184. The molecule has 1 aliphatic heterocycles. The Morgan fingerprint density at radius 3 is 2.91 bits per heavy atom. The molecular formula is C13H13Cl2N3O3S. The highest BCUT2D eigenvalue weighted by Crippen LogP contribution is 2.27. The number of ether oxygens (including phenoxy) is 1. The van der Waals surface area contributed by atoms with E-state index in [0.29, 0.717) is 23.9 Å². The third-order valence-corrected chi connectivity index (χ3v) is 5.41. The molecule has 3 rings (SSSR count). The van der Waals surface area contributed by atoms with E-state index in [-0.39, 0.29) is 16.0 Å². The lowest BCUT2D eigenvalue weighted by atomic mass is 10.3. The molecule has 0 bridgehead atoms. The Morgan fingerprint density at radius 1 is 1.36 bits per heavy atom. The third-order valence-electron chi connectivity index (χ3n) is 3.32. The van der Waals surface area contributed by atoms with Crippen LogP contribution >= 0.6 is 23.2 Å². The van der Waals surface area contributed by atoms with Gasteiger partial charge in [0.25, 0.3) is 10.0 Å². The van der Waals surface area contributed by atoms with Crippen molar-refractivity contribution in [2.75, 3.05) is 17.9 Å². The van der Waals surface area contributed by atoms with Crippen LogP contribution in [-0.2, 0) is 14.8 Å². The molecule has 118 valence electrons. The number of nitrogens with one attached hydrogen (secondary N) is 1. The van der Waals surface area contributed by atoms with E-state index in [2.05, 4.69) is 9.82 Å². The molecule has 1 fully saturated rings. The second-order valence-corrected chi connectivity index (χ2v) is 7.40. The Kier molecular flexibility index (Phi) is 4.31. The minimum absolute atomic E-state index is 0.0707. The molecule has 22 heavy (non-hydrogen) atoms. The van der Waals surface area contributed by atoms with Crippen LogP contribution in [0.15, 0.2) is 35.5 Å². The predicted molar refractivity (Wildman–Crippen MR) is 84.0 cm³/mol. The Labute approximate surface area is 138 Å². The second-order valence-electron chi connectivity index (χ2n) is 4.91. The van der Waals surface area contributed by atoms with Gasteiger partial charge in [0.15, 0.2) is 0 Å². The standard InChI is InChI=1S/C13H13Cl2N3O3S/c14-9-1-2-12(15)13(5-9)22(19,20)17-10-6-16-18(7-10)11-3-4-21-8-11/h1-2,5-7,11,17H,3-4,8H2/t11-/m0/s1. The van der Waals surface area contributed by atoms with Gasteiger partial charge in [0.05, 0.1) is 29.6 Å². The zero-order chi connectivity index (χ0) is 15.7. The van der Waals surface area contributed by atoms with E-state index in [1.54, 1.807) is 10.9 Å². The van der Waals surface area contributed by atoms with Gasteiger partial charge >= 0.3 is 0 Å². The Hall–Kier alpha value is -1.28. The van der Waals surface area contributed by atoms with E-state index in [4.69, 9.17) is 27.9 Å². The van der Waals surface area contributed by atoms with Crippen molar-refractivity contribution in [1.82, 2.24) is 9.78 Å². The molecule has 1 N–H and O–H groups in total. The largest absolute Gasteiger partial charge is 0.379 e. The predicted octanol–water partition coefficient (Wildman–Crippen LogP) is 2.95. The van der Waals surface area contributed by atoms with E-state index < -0.39 is 10.0 Å². The van der Waals surface area contributed by atoms with Crippen LogP contribution in [0.4, 0.5) is 5.69 Å². The molecule has 0 spiro atoms. The lowest BCUT2D eigenvalue weighted by Crippen LogP contribution is -2.13. The first-order valence-electron chi connectivity index (χ1n) is 6.55. The number of hydrogen-bond acceptors (Lipinski definition) is 4. The summed E-state index contributed by atoms with van der Waals surface area (Å²) in [5.74, 6) is 0. The molecule has 1 saturated heterocycles. The second kappa shape index (κ2) is 6.08. The monoisotopic (exact) mass is 361 g/mol. The molecule has 9 heteroatoms. The van der Waals surface area contributed by atoms with E-state index >= 15 is 0 Å². The van der Waals surface area contributed by atoms with Crippen molar-refractivity contribution in [3.63, 3.8) is 0 Å². The number of hydrogen-bond donors (Lipinski definition) is 1. The van der Waals surface area contributed by atoms with Crippen molar-refractivity contribution >= 4 is 38.9 Å². The zero-order valence-corrected chi connectivity index (χ0v) is 13.7. The third kappa shape index (κ3) is 3.22. The Balaban J connectivity index is 1.83. The van der Waals surface area contributed by atoms with Crippen LogP contribution in [0.2, 0.25) is 10.0 Å². The van der Waals surface area contributed by atoms with Crippen LogP contribution in [-0.4, -0.2) is 31.4 Å². The van der Waals surface area contributed by atoms with E-state index in [1.807, 2.05) is 0 Å². The van der Waals surface area contributed by atoms with Crippen LogP contribution in [0.3, 0.4) is 0 Å². The number of rotatable bonds is 4. The molecule has 1 aromatic carbocycles.